The molecular formula is C28H28O10. The number of benzene rings is 2. The van der Waals surface area contributed by atoms with Gasteiger partial charge in [0.1, 0.15) is 37.6 Å². The van der Waals surface area contributed by atoms with Gasteiger partial charge in [0.15, 0.2) is 29.4 Å². The summed E-state index contributed by atoms with van der Waals surface area (Å²) in [6.07, 6.45) is -3.76. The van der Waals surface area contributed by atoms with Gasteiger partial charge in [0.05, 0.1) is 0 Å². The van der Waals surface area contributed by atoms with Crippen LogP contribution in [0.5, 0.6) is 0 Å². The number of ether oxygens (including phenoxy) is 7. The maximum absolute atomic E-state index is 12.9. The predicted molar refractivity (Wildman–Crippen MR) is 128 cm³/mol. The molecule has 6 rings (SSSR count). The van der Waals surface area contributed by atoms with Crippen molar-refractivity contribution in [2.45, 2.75) is 76.6 Å². The van der Waals surface area contributed by atoms with Gasteiger partial charge in [0.25, 0.3) is 0 Å². The molecule has 0 saturated carbocycles. The third kappa shape index (κ3) is 4.42. The lowest BCUT2D eigenvalue weighted by atomic mass is 9.83. The molecular weight excluding hydrogens is 496 g/mol. The first-order valence-corrected chi connectivity index (χ1v) is 12.5. The number of ketones is 2. The number of rotatable bonds is 4. The van der Waals surface area contributed by atoms with E-state index in [0.29, 0.717) is 22.3 Å². The van der Waals surface area contributed by atoms with Gasteiger partial charge >= 0.3 is 6.16 Å². The Kier molecular flexibility index (Phi) is 5.93. The fourth-order valence-electron chi connectivity index (χ4n) is 5.40. The average molecular weight is 525 g/mol. The molecule has 2 aromatic rings. The minimum Gasteiger partial charge on any atom is -0.431 e. The van der Waals surface area contributed by atoms with Crippen LogP contribution in [0.1, 0.15) is 65.1 Å². The molecule has 0 aromatic heterocycles. The molecule has 3 heterocycles. The van der Waals surface area contributed by atoms with Gasteiger partial charge in [0.2, 0.25) is 0 Å². The number of carbonyl (C=O) groups excluding carboxylic acids is 3. The lowest BCUT2D eigenvalue weighted by Gasteiger charge is -2.36. The summed E-state index contributed by atoms with van der Waals surface area (Å²) in [5.41, 5.74) is 1.89. The second-order valence-corrected chi connectivity index (χ2v) is 10.6. The van der Waals surface area contributed by atoms with E-state index in [2.05, 4.69) is 0 Å². The van der Waals surface area contributed by atoms with Crippen molar-refractivity contribution < 1.29 is 47.5 Å². The lowest BCUT2D eigenvalue weighted by Crippen LogP contribution is -2.56. The molecule has 1 aliphatic carbocycles. The van der Waals surface area contributed by atoms with Crippen LogP contribution in [0.25, 0.3) is 0 Å². The van der Waals surface area contributed by atoms with Crippen molar-refractivity contribution in [3.63, 3.8) is 0 Å². The van der Waals surface area contributed by atoms with Crippen LogP contribution in [0.15, 0.2) is 42.5 Å². The Hall–Kier alpha value is -3.15. The van der Waals surface area contributed by atoms with Crippen LogP contribution in [-0.2, 0) is 39.8 Å². The van der Waals surface area contributed by atoms with Crippen LogP contribution in [0.3, 0.4) is 0 Å². The van der Waals surface area contributed by atoms with E-state index in [4.69, 9.17) is 33.2 Å². The van der Waals surface area contributed by atoms with E-state index < -0.39 is 48.4 Å². The Bertz CT molecular complexity index is 1310. The fraction of sp³-hybridized carbons (Fsp3) is 0.464. The third-order valence-corrected chi connectivity index (χ3v) is 6.96. The average Bonchev–Trinajstić information content (AvgIpc) is 3.38. The first-order chi connectivity index (χ1) is 18.0. The van der Waals surface area contributed by atoms with Crippen molar-refractivity contribution in [1.82, 2.24) is 0 Å². The van der Waals surface area contributed by atoms with Crippen molar-refractivity contribution in [1.29, 1.82) is 0 Å². The largest absolute Gasteiger partial charge is 0.508 e. The van der Waals surface area contributed by atoms with Gasteiger partial charge in [-0.2, -0.15) is 0 Å². The highest BCUT2D eigenvalue weighted by atomic mass is 16.9. The topological polar surface area (TPSA) is 116 Å². The fourth-order valence-corrected chi connectivity index (χ4v) is 5.40. The highest BCUT2D eigenvalue weighted by Gasteiger charge is 2.60. The zero-order valence-corrected chi connectivity index (χ0v) is 21.4. The van der Waals surface area contributed by atoms with Crippen LogP contribution in [0, 0.1) is 0 Å². The SMILES string of the molecule is CC1(C)O[C@H]2[C@@H](O1)[C@@H](COC(=O)OCc1ccc3c(c1)C(=O)c1ccccc1C3=O)O[C@@H]1OC(C)(C)O[C@@H]12. The number of carbonyl (C=O) groups is 3. The highest BCUT2D eigenvalue weighted by Crippen LogP contribution is 2.44. The summed E-state index contributed by atoms with van der Waals surface area (Å²) in [7, 11) is 0. The second-order valence-electron chi connectivity index (χ2n) is 10.6. The predicted octanol–water partition coefficient (Wildman–Crippen LogP) is 3.51. The number of hydrogen-bond acceptors (Lipinski definition) is 10. The van der Waals surface area contributed by atoms with Gasteiger partial charge in [0, 0.05) is 22.3 Å². The molecule has 0 N–H and O–H groups in total. The molecule has 0 radical (unpaired) electrons. The van der Waals surface area contributed by atoms with E-state index in [0.717, 1.165) is 0 Å². The van der Waals surface area contributed by atoms with Crippen molar-refractivity contribution in [2.75, 3.05) is 6.61 Å². The summed E-state index contributed by atoms with van der Waals surface area (Å²) in [5.74, 6) is -2.18. The third-order valence-electron chi connectivity index (χ3n) is 6.96. The smallest absolute Gasteiger partial charge is 0.431 e. The van der Waals surface area contributed by atoms with Gasteiger partial charge < -0.3 is 33.2 Å². The first kappa shape index (κ1) is 25.1. The Morgan fingerprint density at radius 3 is 2.11 bits per heavy atom. The monoisotopic (exact) mass is 524 g/mol. The van der Waals surface area contributed by atoms with Crippen molar-refractivity contribution in [3.8, 4) is 0 Å². The van der Waals surface area contributed by atoms with Crippen molar-refractivity contribution in [2.24, 2.45) is 0 Å². The molecule has 0 spiro atoms. The number of fused-ring (bicyclic) bond motifs is 5. The molecule has 3 aliphatic heterocycles. The van der Waals surface area contributed by atoms with Crippen LogP contribution >= 0.6 is 0 Å². The molecule has 2 aromatic carbocycles. The molecule has 0 amide bonds. The van der Waals surface area contributed by atoms with E-state index >= 15 is 0 Å². The Balaban J connectivity index is 1.09. The molecule has 5 atom stereocenters. The molecule has 3 saturated heterocycles. The van der Waals surface area contributed by atoms with Crippen molar-refractivity contribution >= 4 is 17.7 Å². The second kappa shape index (κ2) is 8.96. The Morgan fingerprint density at radius 2 is 1.37 bits per heavy atom. The number of hydrogen-bond donors (Lipinski definition) is 0. The zero-order chi connectivity index (χ0) is 26.8. The van der Waals surface area contributed by atoms with Crippen LogP contribution < -0.4 is 0 Å². The molecule has 4 aliphatic rings. The van der Waals surface area contributed by atoms with Crippen LogP contribution in [0.4, 0.5) is 4.79 Å². The Labute approximate surface area is 219 Å². The van der Waals surface area contributed by atoms with E-state index in [1.807, 2.05) is 0 Å². The molecule has 38 heavy (non-hydrogen) atoms. The van der Waals surface area contributed by atoms with E-state index in [1.54, 1.807) is 70.2 Å². The molecule has 10 nitrogen and oxygen atoms in total. The van der Waals surface area contributed by atoms with Gasteiger partial charge in [-0.25, -0.2) is 4.79 Å². The molecule has 0 bridgehead atoms. The molecule has 3 fully saturated rings. The maximum atomic E-state index is 12.9. The minimum atomic E-state index is -0.917. The maximum Gasteiger partial charge on any atom is 0.508 e. The summed E-state index contributed by atoms with van der Waals surface area (Å²) < 4.78 is 40.5. The lowest BCUT2D eigenvalue weighted by molar-refractivity contribution is -0.240. The van der Waals surface area contributed by atoms with Gasteiger partial charge in [-0.15, -0.1) is 0 Å². The summed E-state index contributed by atoms with van der Waals surface area (Å²) in [6, 6.07) is 11.5. The van der Waals surface area contributed by atoms with E-state index in [9.17, 15) is 14.4 Å². The summed E-state index contributed by atoms with van der Waals surface area (Å²) in [5, 5.41) is 0. The standard InChI is InChI=1S/C28H28O10/c1-27(2)35-22-19(34-25-24(23(22)36-27)37-28(3,4)38-25)13-33-26(31)32-12-14-9-10-17-18(11-14)21(30)16-8-6-5-7-15(16)20(17)29/h5-11,19,22-25H,12-13H2,1-4H3/t19-,22+,23+,24-,25-/m1/s1. The molecule has 10 heteroatoms. The summed E-state index contributed by atoms with van der Waals surface area (Å²) >= 11 is 0. The summed E-state index contributed by atoms with van der Waals surface area (Å²) in [4.78, 5) is 38.2. The van der Waals surface area contributed by atoms with Gasteiger partial charge in [-0.05, 0) is 45.4 Å². The normalized spacial score (nSPS) is 30.2. The van der Waals surface area contributed by atoms with Crippen LogP contribution in [-0.4, -0.2) is 66.6 Å². The first-order valence-electron chi connectivity index (χ1n) is 12.5. The van der Waals surface area contributed by atoms with Gasteiger partial charge in [-0.3, -0.25) is 9.59 Å². The van der Waals surface area contributed by atoms with Crippen LogP contribution in [0.2, 0.25) is 0 Å². The molecule has 0 unspecified atom stereocenters. The van der Waals surface area contributed by atoms with Crippen molar-refractivity contribution in [3.05, 3.63) is 70.3 Å². The quantitative estimate of drug-likeness (QED) is 0.470. The minimum absolute atomic E-state index is 0.144. The molecule has 200 valence electrons. The highest BCUT2D eigenvalue weighted by molar-refractivity contribution is 6.28. The van der Waals surface area contributed by atoms with E-state index in [-0.39, 0.29) is 30.3 Å². The Morgan fingerprint density at radius 1 is 0.763 bits per heavy atom. The zero-order valence-electron chi connectivity index (χ0n) is 21.4. The van der Waals surface area contributed by atoms with Gasteiger partial charge in [-0.1, -0.05) is 30.3 Å². The summed E-state index contributed by atoms with van der Waals surface area (Å²) in [6.45, 7) is 6.87. The van der Waals surface area contributed by atoms with E-state index in [1.165, 1.54) is 0 Å².